The van der Waals surface area contributed by atoms with E-state index in [4.69, 9.17) is 18.9 Å². The Labute approximate surface area is 186 Å². The molecule has 3 aromatic carbocycles. The molecule has 0 aliphatic carbocycles. The van der Waals surface area contributed by atoms with Crippen molar-refractivity contribution in [1.82, 2.24) is 4.57 Å². The molecule has 0 saturated heterocycles. The van der Waals surface area contributed by atoms with Gasteiger partial charge in [0.25, 0.3) is 0 Å². The highest BCUT2D eigenvalue weighted by atomic mass is 16.5. The molecule has 0 bridgehead atoms. The number of hydrogen-bond donors (Lipinski definition) is 0. The van der Waals surface area contributed by atoms with Crippen molar-refractivity contribution < 1.29 is 23.7 Å². The van der Waals surface area contributed by atoms with Gasteiger partial charge in [-0.1, -0.05) is 42.5 Å². The van der Waals surface area contributed by atoms with Crippen molar-refractivity contribution in [3.8, 4) is 28.4 Å². The van der Waals surface area contributed by atoms with Crippen molar-refractivity contribution in [3.63, 3.8) is 0 Å². The first-order valence-corrected chi connectivity index (χ1v) is 10.2. The molecule has 6 nitrogen and oxygen atoms in total. The quantitative estimate of drug-likeness (QED) is 0.378. The lowest BCUT2D eigenvalue weighted by Gasteiger charge is -2.12. The summed E-state index contributed by atoms with van der Waals surface area (Å²) in [6, 6.07) is 21.4. The van der Waals surface area contributed by atoms with Crippen molar-refractivity contribution in [2.45, 2.75) is 6.54 Å². The van der Waals surface area contributed by atoms with Crippen LogP contribution in [0.5, 0.6) is 17.2 Å². The molecule has 0 atom stereocenters. The zero-order valence-corrected chi connectivity index (χ0v) is 18.5. The van der Waals surface area contributed by atoms with Crippen LogP contribution in [0.15, 0.2) is 66.7 Å². The Balaban J connectivity index is 2.07. The molecule has 1 heterocycles. The smallest absolute Gasteiger partial charge is 0.355 e. The number of benzene rings is 3. The van der Waals surface area contributed by atoms with Crippen LogP contribution in [0.1, 0.15) is 16.1 Å². The maximum atomic E-state index is 13.1. The Hall–Kier alpha value is -3.93. The molecule has 0 aliphatic rings. The van der Waals surface area contributed by atoms with Crippen LogP contribution < -0.4 is 14.2 Å². The van der Waals surface area contributed by atoms with E-state index < -0.39 is 5.97 Å². The fraction of sp³-hybridized carbons (Fsp3) is 0.192. The number of ether oxygens (including phenoxy) is 4. The number of esters is 1. The van der Waals surface area contributed by atoms with E-state index in [1.165, 1.54) is 7.11 Å². The number of rotatable bonds is 7. The van der Waals surface area contributed by atoms with Gasteiger partial charge in [0.05, 0.1) is 34.0 Å². The second kappa shape index (κ2) is 9.06. The highest BCUT2D eigenvalue weighted by Crippen LogP contribution is 2.42. The van der Waals surface area contributed by atoms with E-state index in [0.29, 0.717) is 23.7 Å². The molecule has 6 heteroatoms. The molecule has 0 spiro atoms. The third-order valence-electron chi connectivity index (χ3n) is 5.51. The lowest BCUT2D eigenvalue weighted by atomic mass is 10.0. The van der Waals surface area contributed by atoms with Gasteiger partial charge in [0, 0.05) is 23.6 Å². The van der Waals surface area contributed by atoms with Gasteiger partial charge < -0.3 is 23.5 Å². The number of carbonyl (C=O) groups excluding carboxylic acids is 1. The minimum absolute atomic E-state index is 0.416. The molecule has 4 rings (SSSR count). The summed E-state index contributed by atoms with van der Waals surface area (Å²) in [6.45, 7) is 0.493. The molecule has 0 aliphatic heterocycles. The summed E-state index contributed by atoms with van der Waals surface area (Å²) in [5.74, 6) is 1.49. The van der Waals surface area contributed by atoms with E-state index in [2.05, 4.69) is 0 Å². The van der Waals surface area contributed by atoms with Crippen molar-refractivity contribution in [2.24, 2.45) is 0 Å². The predicted octanol–water partition coefficient (Wildman–Crippen LogP) is 5.17. The highest BCUT2D eigenvalue weighted by molar-refractivity contribution is 6.09. The molecule has 0 saturated carbocycles. The van der Waals surface area contributed by atoms with E-state index >= 15 is 0 Å². The molecule has 164 valence electrons. The number of methoxy groups -OCH3 is 4. The van der Waals surface area contributed by atoms with Crippen LogP contribution in [-0.4, -0.2) is 39.0 Å². The molecule has 0 amide bonds. The van der Waals surface area contributed by atoms with Gasteiger partial charge >= 0.3 is 5.97 Å². The average molecular weight is 431 g/mol. The average Bonchev–Trinajstić information content (AvgIpc) is 3.16. The Bertz CT molecular complexity index is 1240. The van der Waals surface area contributed by atoms with Gasteiger partial charge in [-0.2, -0.15) is 0 Å². The Morgan fingerprint density at radius 1 is 0.812 bits per heavy atom. The summed E-state index contributed by atoms with van der Waals surface area (Å²) in [4.78, 5) is 13.1. The molecule has 0 N–H and O–H groups in total. The van der Waals surface area contributed by atoms with Crippen LogP contribution in [-0.2, 0) is 11.3 Å². The first kappa shape index (κ1) is 21.3. The second-order valence-electron chi connectivity index (χ2n) is 7.24. The van der Waals surface area contributed by atoms with Crippen molar-refractivity contribution >= 4 is 16.9 Å². The van der Waals surface area contributed by atoms with Crippen LogP contribution in [0.2, 0.25) is 0 Å². The third kappa shape index (κ3) is 3.75. The summed E-state index contributed by atoms with van der Waals surface area (Å²) < 4.78 is 23.6. The molecule has 32 heavy (non-hydrogen) atoms. The minimum Gasteiger partial charge on any atom is -0.497 e. The lowest BCUT2D eigenvalue weighted by Crippen LogP contribution is -2.12. The van der Waals surface area contributed by atoms with Gasteiger partial charge in [0.1, 0.15) is 11.4 Å². The van der Waals surface area contributed by atoms with E-state index in [-0.39, 0.29) is 0 Å². The van der Waals surface area contributed by atoms with Crippen LogP contribution in [0.3, 0.4) is 0 Å². The van der Waals surface area contributed by atoms with E-state index in [1.807, 2.05) is 71.3 Å². The highest BCUT2D eigenvalue weighted by Gasteiger charge is 2.26. The van der Waals surface area contributed by atoms with Gasteiger partial charge in [-0.05, 0) is 29.3 Å². The maximum absolute atomic E-state index is 13.1. The third-order valence-corrected chi connectivity index (χ3v) is 5.51. The van der Waals surface area contributed by atoms with Gasteiger partial charge in [0.15, 0.2) is 11.5 Å². The van der Waals surface area contributed by atoms with Crippen LogP contribution in [0.4, 0.5) is 0 Å². The Morgan fingerprint density at radius 3 is 2.06 bits per heavy atom. The van der Waals surface area contributed by atoms with Gasteiger partial charge in [-0.25, -0.2) is 4.79 Å². The summed E-state index contributed by atoms with van der Waals surface area (Å²) in [5, 5.41) is 0.865. The number of carbonyl (C=O) groups is 1. The molecular weight excluding hydrogens is 406 g/mol. The zero-order chi connectivity index (χ0) is 22.7. The minimum atomic E-state index is -0.416. The fourth-order valence-corrected chi connectivity index (χ4v) is 3.96. The summed E-state index contributed by atoms with van der Waals surface area (Å²) in [7, 11) is 6.21. The van der Waals surface area contributed by atoms with Gasteiger partial charge in [-0.3, -0.25) is 0 Å². The van der Waals surface area contributed by atoms with Crippen molar-refractivity contribution in [1.29, 1.82) is 0 Å². The first-order chi connectivity index (χ1) is 15.6. The number of nitrogens with zero attached hydrogens (tertiary/aromatic N) is 1. The molecule has 1 aromatic heterocycles. The van der Waals surface area contributed by atoms with Gasteiger partial charge in [-0.15, -0.1) is 0 Å². The molecule has 0 unspecified atom stereocenters. The lowest BCUT2D eigenvalue weighted by molar-refractivity contribution is 0.0590. The number of aromatic nitrogens is 1. The monoisotopic (exact) mass is 431 g/mol. The first-order valence-electron chi connectivity index (χ1n) is 10.2. The molecule has 0 fully saturated rings. The van der Waals surface area contributed by atoms with Crippen LogP contribution in [0.25, 0.3) is 22.0 Å². The fourth-order valence-electron chi connectivity index (χ4n) is 3.96. The van der Waals surface area contributed by atoms with Gasteiger partial charge in [0.2, 0.25) is 0 Å². The predicted molar refractivity (Wildman–Crippen MR) is 124 cm³/mol. The standard InChI is InChI=1S/C26H25NO5/c1-29-19-12-10-18(11-13-19)24-20-14-22(30-2)23(31-3)15-21(20)27(25(24)26(28)32-4)16-17-8-6-5-7-9-17/h5-15H,16H2,1-4H3. The summed E-state index contributed by atoms with van der Waals surface area (Å²) >= 11 is 0. The van der Waals surface area contributed by atoms with E-state index in [9.17, 15) is 4.79 Å². The number of hydrogen-bond acceptors (Lipinski definition) is 5. The second-order valence-corrected chi connectivity index (χ2v) is 7.24. The molecular formula is C26H25NO5. The van der Waals surface area contributed by atoms with Crippen molar-refractivity contribution in [3.05, 3.63) is 78.0 Å². The number of fused-ring (bicyclic) bond motifs is 1. The van der Waals surface area contributed by atoms with Crippen LogP contribution >= 0.6 is 0 Å². The topological polar surface area (TPSA) is 58.9 Å². The van der Waals surface area contributed by atoms with E-state index in [1.54, 1.807) is 21.3 Å². The molecule has 0 radical (unpaired) electrons. The zero-order valence-electron chi connectivity index (χ0n) is 18.5. The van der Waals surface area contributed by atoms with E-state index in [0.717, 1.165) is 33.3 Å². The normalized spacial score (nSPS) is 10.8. The Kier molecular flexibility index (Phi) is 6.03. The Morgan fingerprint density at radius 2 is 1.47 bits per heavy atom. The SMILES string of the molecule is COC(=O)c1c(-c2ccc(OC)cc2)c2cc(OC)c(OC)cc2n1Cc1ccccc1. The van der Waals surface area contributed by atoms with Crippen LogP contribution in [0, 0.1) is 0 Å². The van der Waals surface area contributed by atoms with Crippen molar-refractivity contribution in [2.75, 3.05) is 28.4 Å². The largest absolute Gasteiger partial charge is 0.497 e. The summed E-state index contributed by atoms with van der Waals surface area (Å²) in [6.07, 6.45) is 0. The summed E-state index contributed by atoms with van der Waals surface area (Å²) in [5.41, 5.74) is 4.01. The molecule has 4 aromatic rings. The maximum Gasteiger partial charge on any atom is 0.355 e.